The summed E-state index contributed by atoms with van der Waals surface area (Å²) in [4.78, 5) is 15.3. The molecule has 2 aromatic carbocycles. The van der Waals surface area contributed by atoms with Crippen LogP contribution >= 0.6 is 0 Å². The highest BCUT2D eigenvalue weighted by Gasteiger charge is 2.32. The maximum atomic E-state index is 13.0. The van der Waals surface area contributed by atoms with E-state index in [0.717, 1.165) is 43.6 Å². The lowest BCUT2D eigenvalue weighted by atomic mass is 9.91. The van der Waals surface area contributed by atoms with Gasteiger partial charge in [0.05, 0.1) is 26.7 Å². The van der Waals surface area contributed by atoms with Crippen LogP contribution in [0.3, 0.4) is 0 Å². The number of carbonyl (C=O) groups excluding carboxylic acids is 1. The van der Waals surface area contributed by atoms with E-state index in [1.165, 1.54) is 20.5 Å². The third-order valence-electron chi connectivity index (χ3n) is 6.25. The van der Waals surface area contributed by atoms with Gasteiger partial charge < -0.3 is 23.3 Å². The summed E-state index contributed by atoms with van der Waals surface area (Å²) >= 11 is -2.31. The summed E-state index contributed by atoms with van der Waals surface area (Å²) in [6.07, 6.45) is 4.74. The number of nitrogens with zero attached hydrogens (tertiary/aromatic N) is 1. The van der Waals surface area contributed by atoms with Crippen molar-refractivity contribution in [2.45, 2.75) is 31.9 Å². The molecule has 0 radical (unpaired) electrons. The van der Waals surface area contributed by atoms with E-state index in [2.05, 4.69) is 18.7 Å². The SMILES string of the molecule is CCN(CC)CCCc1ccccc1C(c1ccc(-c2ccoc2)c(OC)c1C(=O)OC)S(=O)O. The largest absolute Gasteiger partial charge is 0.495 e. The molecule has 0 amide bonds. The molecule has 8 heteroatoms. The van der Waals surface area contributed by atoms with Gasteiger partial charge in [-0.2, -0.15) is 0 Å². The second-order valence-electron chi connectivity index (χ2n) is 8.10. The molecule has 1 N–H and O–H groups in total. The molecule has 2 unspecified atom stereocenters. The summed E-state index contributed by atoms with van der Waals surface area (Å²) < 4.78 is 39.2. The molecule has 0 bridgehead atoms. The Morgan fingerprint density at radius 3 is 2.43 bits per heavy atom. The van der Waals surface area contributed by atoms with Gasteiger partial charge in [0.25, 0.3) is 0 Å². The number of hydrogen-bond donors (Lipinski definition) is 1. The van der Waals surface area contributed by atoms with Gasteiger partial charge >= 0.3 is 5.97 Å². The molecule has 1 heterocycles. The Labute approximate surface area is 209 Å². The molecule has 0 saturated heterocycles. The van der Waals surface area contributed by atoms with Gasteiger partial charge in [-0.15, -0.1) is 0 Å². The van der Waals surface area contributed by atoms with Gasteiger partial charge in [-0.3, -0.25) is 0 Å². The molecular formula is C27H33NO6S. The van der Waals surface area contributed by atoms with E-state index in [1.54, 1.807) is 24.5 Å². The number of aryl methyl sites for hydroxylation is 1. The first-order valence-electron chi connectivity index (χ1n) is 11.7. The van der Waals surface area contributed by atoms with E-state index in [9.17, 15) is 13.6 Å². The normalized spacial score (nSPS) is 13.0. The molecule has 0 aliphatic carbocycles. The van der Waals surface area contributed by atoms with E-state index in [4.69, 9.17) is 13.9 Å². The monoisotopic (exact) mass is 499 g/mol. The molecule has 2 atom stereocenters. The second kappa shape index (κ2) is 12.7. The molecule has 1 aromatic heterocycles. The third kappa shape index (κ3) is 6.01. The van der Waals surface area contributed by atoms with Gasteiger partial charge in [-0.25, -0.2) is 9.00 Å². The molecule has 3 aromatic rings. The summed E-state index contributed by atoms with van der Waals surface area (Å²) in [6.45, 7) is 7.17. The molecular weight excluding hydrogens is 466 g/mol. The molecule has 35 heavy (non-hydrogen) atoms. The van der Waals surface area contributed by atoms with Gasteiger partial charge in [0.2, 0.25) is 0 Å². The number of methoxy groups -OCH3 is 2. The average Bonchev–Trinajstić information content (AvgIpc) is 3.41. The average molecular weight is 500 g/mol. The number of furan rings is 1. The predicted molar refractivity (Wildman–Crippen MR) is 137 cm³/mol. The van der Waals surface area contributed by atoms with Crippen LogP contribution in [0.5, 0.6) is 5.75 Å². The van der Waals surface area contributed by atoms with E-state index in [1.807, 2.05) is 24.3 Å². The summed E-state index contributed by atoms with van der Waals surface area (Å²) in [5, 5.41) is -0.957. The predicted octanol–water partition coefficient (Wildman–Crippen LogP) is 5.33. The molecule has 3 rings (SSSR count). The number of benzene rings is 2. The Bertz CT molecular complexity index is 1140. The fraction of sp³-hybridized carbons (Fsp3) is 0.370. The van der Waals surface area contributed by atoms with Gasteiger partial charge in [0.1, 0.15) is 16.6 Å². The third-order valence-corrected chi connectivity index (χ3v) is 7.16. The van der Waals surface area contributed by atoms with Gasteiger partial charge in [-0.05, 0) is 55.2 Å². The highest BCUT2D eigenvalue weighted by Crippen LogP contribution is 2.41. The highest BCUT2D eigenvalue weighted by molar-refractivity contribution is 7.79. The summed E-state index contributed by atoms with van der Waals surface area (Å²) in [5.41, 5.74) is 3.52. The first kappa shape index (κ1) is 26.7. The van der Waals surface area contributed by atoms with Gasteiger partial charge in [-0.1, -0.05) is 50.2 Å². The smallest absolute Gasteiger partial charge is 0.342 e. The second-order valence-corrected chi connectivity index (χ2v) is 9.12. The molecule has 7 nitrogen and oxygen atoms in total. The summed E-state index contributed by atoms with van der Waals surface area (Å²) in [5.74, 6) is -0.373. The van der Waals surface area contributed by atoms with Crippen LogP contribution in [-0.4, -0.2) is 53.5 Å². The first-order valence-corrected chi connectivity index (χ1v) is 12.8. The zero-order chi connectivity index (χ0) is 25.4. The maximum Gasteiger partial charge on any atom is 0.342 e. The lowest BCUT2D eigenvalue weighted by molar-refractivity contribution is 0.0596. The number of rotatable bonds is 12. The quantitative estimate of drug-likeness (QED) is 0.266. The number of hydrogen-bond acceptors (Lipinski definition) is 6. The zero-order valence-electron chi connectivity index (χ0n) is 20.7. The minimum atomic E-state index is -2.31. The van der Waals surface area contributed by atoms with Crippen molar-refractivity contribution < 1.29 is 27.4 Å². The van der Waals surface area contributed by atoms with Crippen LogP contribution in [0.4, 0.5) is 0 Å². The molecule has 0 spiro atoms. The van der Waals surface area contributed by atoms with Crippen molar-refractivity contribution in [3.8, 4) is 16.9 Å². The van der Waals surface area contributed by atoms with Crippen molar-refractivity contribution in [2.75, 3.05) is 33.9 Å². The number of esters is 1. The Kier molecular flexibility index (Phi) is 9.65. The first-order chi connectivity index (χ1) is 17.0. The van der Waals surface area contributed by atoms with Gasteiger partial charge in [0, 0.05) is 11.1 Å². The molecule has 0 saturated carbocycles. The van der Waals surface area contributed by atoms with Crippen molar-refractivity contribution in [3.05, 3.63) is 77.2 Å². The number of ether oxygens (including phenoxy) is 2. The molecule has 0 aliphatic rings. The Morgan fingerprint density at radius 1 is 1.09 bits per heavy atom. The van der Waals surface area contributed by atoms with Crippen molar-refractivity contribution >= 4 is 17.0 Å². The van der Waals surface area contributed by atoms with E-state index in [-0.39, 0.29) is 11.3 Å². The minimum Gasteiger partial charge on any atom is -0.495 e. The van der Waals surface area contributed by atoms with Crippen LogP contribution < -0.4 is 4.74 Å². The lowest BCUT2D eigenvalue weighted by Gasteiger charge is -2.23. The van der Waals surface area contributed by atoms with Crippen molar-refractivity contribution in [2.24, 2.45) is 0 Å². The lowest BCUT2D eigenvalue weighted by Crippen LogP contribution is -2.24. The van der Waals surface area contributed by atoms with Crippen molar-refractivity contribution in [3.63, 3.8) is 0 Å². The van der Waals surface area contributed by atoms with Crippen LogP contribution in [0.1, 0.15) is 52.6 Å². The van der Waals surface area contributed by atoms with Crippen LogP contribution in [0.2, 0.25) is 0 Å². The molecule has 0 fully saturated rings. The summed E-state index contributed by atoms with van der Waals surface area (Å²) in [7, 11) is 2.74. The van der Waals surface area contributed by atoms with Gasteiger partial charge in [0.15, 0.2) is 11.1 Å². The Hall–Kier alpha value is -2.94. The van der Waals surface area contributed by atoms with E-state index in [0.29, 0.717) is 16.7 Å². The fourth-order valence-corrected chi connectivity index (χ4v) is 5.28. The van der Waals surface area contributed by atoms with Crippen molar-refractivity contribution in [1.82, 2.24) is 4.90 Å². The zero-order valence-corrected chi connectivity index (χ0v) is 21.5. The minimum absolute atomic E-state index is 0.124. The Morgan fingerprint density at radius 2 is 1.83 bits per heavy atom. The van der Waals surface area contributed by atoms with Crippen LogP contribution in [0.25, 0.3) is 11.1 Å². The molecule has 188 valence electrons. The Balaban J connectivity index is 2.12. The topological polar surface area (TPSA) is 89.2 Å². The van der Waals surface area contributed by atoms with E-state index >= 15 is 0 Å². The van der Waals surface area contributed by atoms with E-state index < -0.39 is 22.3 Å². The standard InChI is InChI=1S/C27H33NO6S/c1-5-28(6-2)16-9-11-19-10-7-8-12-22(19)26(35(30)31)23-14-13-21(20-15-17-34-18-20)25(32-3)24(23)27(29)33-4/h7-8,10,12-15,17-18,26H,5-6,9,11,16H2,1-4H3,(H,30,31). The fourth-order valence-electron chi connectivity index (χ4n) is 4.42. The highest BCUT2D eigenvalue weighted by atomic mass is 32.2. The summed E-state index contributed by atoms with van der Waals surface area (Å²) in [6, 6.07) is 12.8. The van der Waals surface area contributed by atoms with Crippen LogP contribution in [-0.2, 0) is 22.2 Å². The van der Waals surface area contributed by atoms with Crippen molar-refractivity contribution in [1.29, 1.82) is 0 Å². The van der Waals surface area contributed by atoms with Crippen LogP contribution in [0.15, 0.2) is 59.4 Å². The molecule has 0 aliphatic heterocycles. The van der Waals surface area contributed by atoms with Crippen LogP contribution in [0, 0.1) is 0 Å². The number of carbonyl (C=O) groups is 1. The maximum absolute atomic E-state index is 13.0.